The van der Waals surface area contributed by atoms with Crippen LogP contribution in [0, 0.1) is 0 Å². The number of rotatable bonds is 2. The van der Waals surface area contributed by atoms with Gasteiger partial charge in [-0.05, 0) is 23.5 Å². The summed E-state index contributed by atoms with van der Waals surface area (Å²) in [6.45, 7) is 0.599. The molecule has 2 heterocycles. The van der Waals surface area contributed by atoms with Crippen molar-refractivity contribution in [3.63, 3.8) is 0 Å². The van der Waals surface area contributed by atoms with Crippen LogP contribution >= 0.6 is 0 Å². The molecule has 0 unspecified atom stereocenters. The fraction of sp³-hybridized carbons (Fsp3) is 0.316. The molecule has 3 nitrogen and oxygen atoms in total. The molecule has 112 valence electrons. The SMILES string of the molecule is O=C1C[C@H](c2ccccc2)C[C@@H]2OC[C@@H](c3ccccc3)N12. The Hall–Kier alpha value is -2.13. The van der Waals surface area contributed by atoms with Gasteiger partial charge in [-0.15, -0.1) is 0 Å². The maximum absolute atomic E-state index is 12.7. The summed E-state index contributed by atoms with van der Waals surface area (Å²) in [5.41, 5.74) is 2.40. The highest BCUT2D eigenvalue weighted by Gasteiger charge is 2.43. The molecule has 22 heavy (non-hydrogen) atoms. The number of hydrogen-bond acceptors (Lipinski definition) is 2. The third-order valence-corrected chi connectivity index (χ3v) is 4.74. The van der Waals surface area contributed by atoms with Crippen LogP contribution in [0.3, 0.4) is 0 Å². The van der Waals surface area contributed by atoms with Gasteiger partial charge in [-0.2, -0.15) is 0 Å². The molecule has 0 saturated carbocycles. The van der Waals surface area contributed by atoms with E-state index in [-0.39, 0.29) is 24.1 Å². The molecule has 4 rings (SSSR count). The number of amides is 1. The van der Waals surface area contributed by atoms with Crippen molar-refractivity contribution < 1.29 is 9.53 Å². The van der Waals surface area contributed by atoms with Gasteiger partial charge < -0.3 is 9.64 Å². The summed E-state index contributed by atoms with van der Waals surface area (Å²) >= 11 is 0. The number of hydrogen-bond donors (Lipinski definition) is 0. The van der Waals surface area contributed by atoms with Crippen molar-refractivity contribution in [2.45, 2.75) is 31.0 Å². The number of carbonyl (C=O) groups is 1. The fourth-order valence-electron chi connectivity index (χ4n) is 3.63. The zero-order valence-corrected chi connectivity index (χ0v) is 12.4. The van der Waals surface area contributed by atoms with Crippen LogP contribution in [-0.4, -0.2) is 23.6 Å². The van der Waals surface area contributed by atoms with Gasteiger partial charge in [0, 0.05) is 6.42 Å². The molecule has 2 saturated heterocycles. The van der Waals surface area contributed by atoms with Crippen LogP contribution in [0.15, 0.2) is 60.7 Å². The molecule has 0 bridgehead atoms. The lowest BCUT2D eigenvalue weighted by molar-refractivity contribution is -0.143. The summed E-state index contributed by atoms with van der Waals surface area (Å²) in [4.78, 5) is 14.6. The molecule has 2 aromatic rings. The van der Waals surface area contributed by atoms with Crippen molar-refractivity contribution in [1.29, 1.82) is 0 Å². The average molecular weight is 293 g/mol. The highest BCUT2D eigenvalue weighted by Crippen LogP contribution is 2.41. The van der Waals surface area contributed by atoms with Gasteiger partial charge in [0.15, 0.2) is 0 Å². The Bertz CT molecular complexity index is 656. The monoisotopic (exact) mass is 293 g/mol. The number of ether oxygens (including phenoxy) is 1. The largest absolute Gasteiger partial charge is 0.356 e. The van der Waals surface area contributed by atoms with Crippen LogP contribution in [0.25, 0.3) is 0 Å². The van der Waals surface area contributed by atoms with Crippen molar-refractivity contribution in [2.75, 3.05) is 6.61 Å². The number of fused-ring (bicyclic) bond motifs is 1. The maximum Gasteiger partial charge on any atom is 0.225 e. The summed E-state index contributed by atoms with van der Waals surface area (Å²) in [5.74, 6) is 0.473. The van der Waals surface area contributed by atoms with E-state index in [2.05, 4.69) is 24.3 Å². The van der Waals surface area contributed by atoms with Gasteiger partial charge in [-0.25, -0.2) is 0 Å². The quantitative estimate of drug-likeness (QED) is 0.848. The lowest BCUT2D eigenvalue weighted by Crippen LogP contribution is -2.43. The molecular weight excluding hydrogens is 274 g/mol. The number of nitrogens with zero attached hydrogens (tertiary/aromatic N) is 1. The van der Waals surface area contributed by atoms with Gasteiger partial charge in [0.05, 0.1) is 12.6 Å². The van der Waals surface area contributed by atoms with Crippen molar-refractivity contribution in [1.82, 2.24) is 4.90 Å². The van der Waals surface area contributed by atoms with Crippen LogP contribution in [-0.2, 0) is 9.53 Å². The van der Waals surface area contributed by atoms with Crippen molar-refractivity contribution >= 4 is 5.91 Å². The molecule has 2 aliphatic heterocycles. The first-order chi connectivity index (χ1) is 10.8. The standard InChI is InChI=1S/C19H19NO2/c21-18-11-16(14-7-3-1-4-8-14)12-19-20(18)17(13-22-19)15-9-5-2-6-10-15/h1-10,16-17,19H,11-13H2/t16-,17-,19-/m0/s1. The van der Waals surface area contributed by atoms with E-state index in [1.807, 2.05) is 41.3 Å². The van der Waals surface area contributed by atoms with Gasteiger partial charge in [0.1, 0.15) is 6.23 Å². The lowest BCUT2D eigenvalue weighted by Gasteiger charge is -2.36. The molecule has 0 aromatic heterocycles. The minimum absolute atomic E-state index is 0.0652. The predicted octanol–water partition coefficient (Wildman–Crippen LogP) is 3.49. The van der Waals surface area contributed by atoms with E-state index in [4.69, 9.17) is 4.74 Å². The Morgan fingerprint density at radius 1 is 0.909 bits per heavy atom. The molecule has 0 spiro atoms. The number of piperidine rings is 1. The van der Waals surface area contributed by atoms with Crippen molar-refractivity contribution in [3.05, 3.63) is 71.8 Å². The van der Waals surface area contributed by atoms with E-state index in [1.54, 1.807) is 0 Å². The summed E-state index contributed by atoms with van der Waals surface area (Å²) in [5, 5.41) is 0. The van der Waals surface area contributed by atoms with Crippen LogP contribution in [0.5, 0.6) is 0 Å². The van der Waals surface area contributed by atoms with Gasteiger partial charge in [-0.3, -0.25) is 4.79 Å². The van der Waals surface area contributed by atoms with Gasteiger partial charge >= 0.3 is 0 Å². The minimum atomic E-state index is -0.0864. The van der Waals surface area contributed by atoms with E-state index in [9.17, 15) is 4.79 Å². The lowest BCUT2D eigenvalue weighted by atomic mass is 9.87. The molecule has 3 heteroatoms. The zero-order valence-electron chi connectivity index (χ0n) is 12.4. The van der Waals surface area contributed by atoms with Crippen LogP contribution in [0.2, 0.25) is 0 Å². The molecule has 0 aliphatic carbocycles. The second-order valence-corrected chi connectivity index (χ2v) is 6.06. The number of carbonyl (C=O) groups excluding carboxylic acids is 1. The zero-order chi connectivity index (χ0) is 14.9. The topological polar surface area (TPSA) is 29.5 Å². The third-order valence-electron chi connectivity index (χ3n) is 4.74. The second kappa shape index (κ2) is 5.58. The maximum atomic E-state index is 12.7. The Morgan fingerprint density at radius 2 is 1.55 bits per heavy atom. The van der Waals surface area contributed by atoms with Gasteiger partial charge in [0.25, 0.3) is 0 Å². The van der Waals surface area contributed by atoms with Crippen molar-refractivity contribution in [3.8, 4) is 0 Å². The molecule has 2 aliphatic rings. The molecule has 2 aromatic carbocycles. The minimum Gasteiger partial charge on any atom is -0.356 e. The average Bonchev–Trinajstić information content (AvgIpc) is 3.01. The Kier molecular flexibility index (Phi) is 3.43. The van der Waals surface area contributed by atoms with Gasteiger partial charge in [-0.1, -0.05) is 60.7 Å². The molecule has 0 N–H and O–H groups in total. The van der Waals surface area contributed by atoms with E-state index in [0.717, 1.165) is 12.0 Å². The first-order valence-corrected chi connectivity index (χ1v) is 7.85. The Labute approximate surface area is 130 Å². The smallest absolute Gasteiger partial charge is 0.225 e. The van der Waals surface area contributed by atoms with Crippen LogP contribution in [0.1, 0.15) is 35.9 Å². The molecule has 3 atom stereocenters. The molecule has 0 radical (unpaired) electrons. The third kappa shape index (κ3) is 2.32. The van der Waals surface area contributed by atoms with E-state index < -0.39 is 0 Å². The molecule has 2 fully saturated rings. The highest BCUT2D eigenvalue weighted by atomic mass is 16.5. The van der Waals surface area contributed by atoms with E-state index in [1.165, 1.54) is 5.56 Å². The molecular formula is C19H19NO2. The summed E-state index contributed by atoms with van der Waals surface area (Å²) in [7, 11) is 0. The highest BCUT2D eigenvalue weighted by molar-refractivity contribution is 5.79. The Balaban J connectivity index is 1.57. The van der Waals surface area contributed by atoms with E-state index in [0.29, 0.717) is 13.0 Å². The van der Waals surface area contributed by atoms with Crippen LogP contribution < -0.4 is 0 Å². The Morgan fingerprint density at radius 3 is 2.23 bits per heavy atom. The van der Waals surface area contributed by atoms with E-state index >= 15 is 0 Å². The summed E-state index contributed by atoms with van der Waals surface area (Å²) < 4.78 is 5.95. The second-order valence-electron chi connectivity index (χ2n) is 6.06. The van der Waals surface area contributed by atoms with Crippen molar-refractivity contribution in [2.24, 2.45) is 0 Å². The first-order valence-electron chi connectivity index (χ1n) is 7.85. The van der Waals surface area contributed by atoms with Gasteiger partial charge in [0.2, 0.25) is 5.91 Å². The predicted molar refractivity (Wildman–Crippen MR) is 84.2 cm³/mol. The summed E-state index contributed by atoms with van der Waals surface area (Å²) in [6.07, 6.45) is 1.38. The summed E-state index contributed by atoms with van der Waals surface area (Å²) in [6, 6.07) is 20.6. The first kappa shape index (κ1) is 13.5. The van der Waals surface area contributed by atoms with Crippen LogP contribution in [0.4, 0.5) is 0 Å². The normalized spacial score (nSPS) is 27.7. The fourth-order valence-corrected chi connectivity index (χ4v) is 3.63. The molecule has 1 amide bonds. The number of benzene rings is 2.